The van der Waals surface area contributed by atoms with Crippen LogP contribution in [0, 0.1) is 0 Å². The van der Waals surface area contributed by atoms with Crippen molar-refractivity contribution in [2.75, 3.05) is 33.4 Å². The molecule has 3 aliphatic heterocycles. The van der Waals surface area contributed by atoms with Crippen LogP contribution in [-0.4, -0.2) is 79.1 Å². The van der Waals surface area contributed by atoms with E-state index in [1.165, 1.54) is 0 Å². The van der Waals surface area contributed by atoms with Gasteiger partial charge in [0.1, 0.15) is 11.8 Å². The number of nitrogens with zero attached hydrogens (tertiary/aromatic N) is 2. The second-order valence-corrected chi connectivity index (χ2v) is 8.34. The number of amides is 2. The Morgan fingerprint density at radius 3 is 2.90 bits per heavy atom. The third-order valence-electron chi connectivity index (χ3n) is 6.69. The van der Waals surface area contributed by atoms with Crippen LogP contribution in [-0.2, 0) is 20.9 Å². The monoisotopic (exact) mass is 404 g/mol. The van der Waals surface area contributed by atoms with Crippen molar-refractivity contribution in [1.29, 1.82) is 0 Å². The summed E-state index contributed by atoms with van der Waals surface area (Å²) >= 11 is 0. The third kappa shape index (κ3) is 4.65. The molecular weight excluding hydrogens is 372 g/mol. The van der Waals surface area contributed by atoms with Gasteiger partial charge in [0.2, 0.25) is 11.8 Å². The summed E-state index contributed by atoms with van der Waals surface area (Å²) in [7, 11) is 2.11. The lowest BCUT2D eigenvalue weighted by atomic mass is 10.0. The summed E-state index contributed by atoms with van der Waals surface area (Å²) in [5.41, 5.74) is 0. The highest BCUT2D eigenvalue weighted by Gasteiger charge is 2.47. The molecule has 8 nitrogen and oxygen atoms in total. The number of hydrogen-bond donors (Lipinski definition) is 2. The minimum Gasteiger partial charge on any atom is -0.467 e. The Kier molecular flexibility index (Phi) is 6.52. The molecule has 0 bridgehead atoms. The quantitative estimate of drug-likeness (QED) is 0.727. The van der Waals surface area contributed by atoms with E-state index in [2.05, 4.69) is 27.5 Å². The third-order valence-corrected chi connectivity index (χ3v) is 6.69. The molecule has 0 radical (unpaired) electrons. The lowest BCUT2D eigenvalue weighted by molar-refractivity contribution is -0.127. The zero-order valence-corrected chi connectivity index (χ0v) is 17.1. The molecule has 4 heterocycles. The van der Waals surface area contributed by atoms with Crippen molar-refractivity contribution < 1.29 is 18.7 Å². The van der Waals surface area contributed by atoms with Crippen LogP contribution < -0.4 is 10.6 Å². The fourth-order valence-corrected chi connectivity index (χ4v) is 5.01. The lowest BCUT2D eigenvalue weighted by Gasteiger charge is -2.37. The Bertz CT molecular complexity index is 689. The first-order chi connectivity index (χ1) is 14.1. The van der Waals surface area contributed by atoms with Crippen LogP contribution in [0.5, 0.6) is 0 Å². The molecule has 3 aliphatic rings. The fourth-order valence-electron chi connectivity index (χ4n) is 5.01. The van der Waals surface area contributed by atoms with Crippen molar-refractivity contribution in [3.05, 3.63) is 24.2 Å². The van der Waals surface area contributed by atoms with Crippen LogP contribution in [0.2, 0.25) is 0 Å². The van der Waals surface area contributed by atoms with Gasteiger partial charge in [-0.25, -0.2) is 0 Å². The summed E-state index contributed by atoms with van der Waals surface area (Å²) in [6, 6.07) is 4.36. The molecule has 2 amide bonds. The molecule has 4 rings (SSSR count). The molecule has 0 spiro atoms. The largest absolute Gasteiger partial charge is 0.467 e. The van der Waals surface area contributed by atoms with Crippen molar-refractivity contribution in [2.45, 2.75) is 62.8 Å². The maximum absolute atomic E-state index is 12.9. The van der Waals surface area contributed by atoms with E-state index in [9.17, 15) is 9.59 Å². The molecule has 8 heteroatoms. The maximum Gasteiger partial charge on any atom is 0.239 e. The Morgan fingerprint density at radius 1 is 1.31 bits per heavy atom. The first kappa shape index (κ1) is 20.4. The van der Waals surface area contributed by atoms with Gasteiger partial charge in [-0.1, -0.05) is 0 Å². The number of nitrogens with one attached hydrogen (secondary N) is 2. The Morgan fingerprint density at radius 2 is 2.14 bits per heavy atom. The molecule has 1 aromatic rings. The zero-order valence-electron chi connectivity index (χ0n) is 17.1. The summed E-state index contributed by atoms with van der Waals surface area (Å²) in [5.74, 6) is 0.895. The second-order valence-electron chi connectivity index (χ2n) is 8.34. The SMILES string of the molecule is CN1[C@@H](CCC(=O)NCc2ccco2)CNC(=O)[C@@H]2[C@H]1CCN2C1CCOCC1. The number of likely N-dealkylation sites (tertiary alicyclic amines) is 1. The van der Waals surface area contributed by atoms with Crippen molar-refractivity contribution >= 4 is 11.8 Å². The highest BCUT2D eigenvalue weighted by molar-refractivity contribution is 5.83. The van der Waals surface area contributed by atoms with E-state index < -0.39 is 0 Å². The van der Waals surface area contributed by atoms with E-state index in [0.29, 0.717) is 25.6 Å². The fraction of sp³-hybridized carbons (Fsp3) is 0.714. The minimum absolute atomic E-state index is 0.0113. The molecule has 0 aromatic carbocycles. The number of rotatable bonds is 6. The average molecular weight is 405 g/mol. The summed E-state index contributed by atoms with van der Waals surface area (Å²) < 4.78 is 10.7. The maximum atomic E-state index is 12.9. The highest BCUT2D eigenvalue weighted by atomic mass is 16.5. The molecule has 1 aromatic heterocycles. The van der Waals surface area contributed by atoms with Crippen molar-refractivity contribution in [1.82, 2.24) is 20.4 Å². The molecule has 0 unspecified atom stereocenters. The van der Waals surface area contributed by atoms with Gasteiger partial charge in [0.25, 0.3) is 0 Å². The van der Waals surface area contributed by atoms with Gasteiger partial charge in [0.15, 0.2) is 0 Å². The smallest absolute Gasteiger partial charge is 0.239 e. The van der Waals surface area contributed by atoms with Gasteiger partial charge in [-0.15, -0.1) is 0 Å². The van der Waals surface area contributed by atoms with E-state index in [1.54, 1.807) is 6.26 Å². The summed E-state index contributed by atoms with van der Waals surface area (Å²) in [5, 5.41) is 6.05. The van der Waals surface area contributed by atoms with E-state index in [-0.39, 0.29) is 29.9 Å². The van der Waals surface area contributed by atoms with Gasteiger partial charge < -0.3 is 19.8 Å². The van der Waals surface area contributed by atoms with Gasteiger partial charge in [-0.2, -0.15) is 0 Å². The zero-order chi connectivity index (χ0) is 20.2. The highest BCUT2D eigenvalue weighted by Crippen LogP contribution is 2.31. The van der Waals surface area contributed by atoms with Crippen LogP contribution in [0.25, 0.3) is 0 Å². The predicted octanol–water partition coefficient (Wildman–Crippen LogP) is 0.728. The van der Waals surface area contributed by atoms with Crippen LogP contribution in [0.3, 0.4) is 0 Å². The van der Waals surface area contributed by atoms with Gasteiger partial charge in [0, 0.05) is 50.8 Å². The van der Waals surface area contributed by atoms with Gasteiger partial charge in [0.05, 0.1) is 12.8 Å². The van der Waals surface area contributed by atoms with E-state index in [4.69, 9.17) is 9.15 Å². The van der Waals surface area contributed by atoms with Crippen molar-refractivity contribution in [2.24, 2.45) is 0 Å². The minimum atomic E-state index is -0.0964. The van der Waals surface area contributed by atoms with Crippen LogP contribution in [0.15, 0.2) is 22.8 Å². The standard InChI is InChI=1S/C21H32N4O4/c1-24-16(4-5-19(26)22-14-17-3-2-10-29-17)13-23-21(27)20-18(24)6-9-25(20)15-7-11-28-12-8-15/h2-3,10,15-16,18,20H,4-9,11-14H2,1H3,(H,22,26)(H,23,27)/t16-,18+,20-/m0/s1. The number of furan rings is 1. The second kappa shape index (κ2) is 9.28. The number of ether oxygens (including phenoxy) is 1. The topological polar surface area (TPSA) is 87.1 Å². The van der Waals surface area contributed by atoms with Crippen molar-refractivity contribution in [3.63, 3.8) is 0 Å². The molecule has 0 aliphatic carbocycles. The first-order valence-corrected chi connectivity index (χ1v) is 10.8. The van der Waals surface area contributed by atoms with Crippen molar-refractivity contribution in [3.8, 4) is 0 Å². The number of carbonyl (C=O) groups is 2. The molecule has 0 saturated carbocycles. The Labute approximate surface area is 171 Å². The molecule has 2 N–H and O–H groups in total. The first-order valence-electron chi connectivity index (χ1n) is 10.8. The molecule has 3 atom stereocenters. The van der Waals surface area contributed by atoms with Crippen LogP contribution in [0.4, 0.5) is 0 Å². The summed E-state index contributed by atoms with van der Waals surface area (Å²) in [6.07, 6.45) is 5.76. The average Bonchev–Trinajstić information content (AvgIpc) is 3.40. The Hall–Kier alpha value is -1.90. The van der Waals surface area contributed by atoms with Crippen LogP contribution in [0.1, 0.15) is 37.9 Å². The number of hydrogen-bond acceptors (Lipinski definition) is 6. The number of likely N-dealkylation sites (N-methyl/N-ethyl adjacent to an activating group) is 1. The molecule has 3 saturated heterocycles. The van der Waals surface area contributed by atoms with Crippen LogP contribution >= 0.6 is 0 Å². The van der Waals surface area contributed by atoms with E-state index in [0.717, 1.165) is 51.2 Å². The molecular formula is C21H32N4O4. The van der Waals surface area contributed by atoms with Gasteiger partial charge >= 0.3 is 0 Å². The van der Waals surface area contributed by atoms with Gasteiger partial charge in [-0.05, 0) is 44.9 Å². The lowest BCUT2D eigenvalue weighted by Crippen LogP contribution is -2.53. The molecule has 3 fully saturated rings. The number of carbonyl (C=O) groups excluding carboxylic acids is 2. The molecule has 160 valence electrons. The normalized spacial score (nSPS) is 29.3. The summed E-state index contributed by atoms with van der Waals surface area (Å²) in [4.78, 5) is 29.9. The van der Waals surface area contributed by atoms with Gasteiger partial charge in [-0.3, -0.25) is 19.4 Å². The van der Waals surface area contributed by atoms with E-state index in [1.807, 2.05) is 12.1 Å². The number of fused-ring (bicyclic) bond motifs is 1. The predicted molar refractivity (Wildman–Crippen MR) is 107 cm³/mol. The molecule has 29 heavy (non-hydrogen) atoms. The Balaban J connectivity index is 1.32. The van der Waals surface area contributed by atoms with E-state index >= 15 is 0 Å². The summed E-state index contributed by atoms with van der Waals surface area (Å²) in [6.45, 7) is 3.52.